The van der Waals surface area contributed by atoms with Crippen molar-refractivity contribution < 1.29 is 14.0 Å². The average Bonchev–Trinajstić information content (AvgIpc) is 2.99. The van der Waals surface area contributed by atoms with E-state index in [-0.39, 0.29) is 17.2 Å². The van der Waals surface area contributed by atoms with Gasteiger partial charge in [0, 0.05) is 19.2 Å². The number of phenolic OH excluding ortho intramolecular Hbond substituents is 1. The fraction of sp³-hybridized carbons (Fsp3) is 0.333. The number of nitrogens with zero attached hydrogens (tertiary/aromatic N) is 3. The SMILES string of the molecule is Oc1ccc(-c2nc(N3CCCC3)no2)c(F)c1. The maximum atomic E-state index is 13.6. The molecule has 6 heteroatoms. The smallest absolute Gasteiger partial charge is 0.266 e. The lowest BCUT2D eigenvalue weighted by Crippen LogP contribution is -2.18. The molecule has 1 N–H and O–H groups in total. The summed E-state index contributed by atoms with van der Waals surface area (Å²) in [6.45, 7) is 1.80. The first-order valence-corrected chi connectivity index (χ1v) is 5.81. The van der Waals surface area contributed by atoms with Crippen LogP contribution in [0.5, 0.6) is 5.75 Å². The molecule has 2 aromatic rings. The van der Waals surface area contributed by atoms with Crippen LogP contribution in [0.2, 0.25) is 0 Å². The van der Waals surface area contributed by atoms with E-state index in [4.69, 9.17) is 9.63 Å². The molecular weight excluding hydrogens is 237 g/mol. The predicted octanol–water partition coefficient (Wildman–Crippen LogP) is 2.18. The normalized spacial score (nSPS) is 15.3. The van der Waals surface area contributed by atoms with E-state index in [1.54, 1.807) is 0 Å². The third-order valence-electron chi connectivity index (χ3n) is 2.99. The molecule has 5 nitrogen and oxygen atoms in total. The summed E-state index contributed by atoms with van der Waals surface area (Å²) < 4.78 is 18.7. The zero-order chi connectivity index (χ0) is 12.5. The number of benzene rings is 1. The van der Waals surface area contributed by atoms with Gasteiger partial charge in [0.05, 0.1) is 5.56 Å². The fourth-order valence-corrected chi connectivity index (χ4v) is 2.05. The lowest BCUT2D eigenvalue weighted by Gasteiger charge is -2.09. The van der Waals surface area contributed by atoms with E-state index in [9.17, 15) is 4.39 Å². The predicted molar refractivity (Wildman–Crippen MR) is 62.8 cm³/mol. The van der Waals surface area contributed by atoms with Crippen LogP contribution in [0.4, 0.5) is 10.3 Å². The summed E-state index contributed by atoms with van der Waals surface area (Å²) in [4.78, 5) is 6.18. The Morgan fingerprint density at radius 3 is 2.78 bits per heavy atom. The van der Waals surface area contributed by atoms with Gasteiger partial charge in [0.15, 0.2) is 0 Å². The number of aromatic nitrogens is 2. The van der Waals surface area contributed by atoms with E-state index < -0.39 is 5.82 Å². The quantitative estimate of drug-likeness (QED) is 0.883. The van der Waals surface area contributed by atoms with Gasteiger partial charge in [-0.15, -0.1) is 0 Å². The molecule has 1 fully saturated rings. The first kappa shape index (κ1) is 11.0. The Morgan fingerprint density at radius 1 is 1.28 bits per heavy atom. The van der Waals surface area contributed by atoms with Crippen LogP contribution in [0.3, 0.4) is 0 Å². The standard InChI is InChI=1S/C12H12FN3O2/c13-10-7-8(17)3-4-9(10)11-14-12(15-18-11)16-5-1-2-6-16/h3-4,7,17H,1-2,5-6H2. The molecule has 1 aliphatic heterocycles. The van der Waals surface area contributed by atoms with Gasteiger partial charge in [-0.25, -0.2) is 4.39 Å². The van der Waals surface area contributed by atoms with Crippen LogP contribution in [0.25, 0.3) is 11.5 Å². The van der Waals surface area contributed by atoms with Crippen LogP contribution in [0, 0.1) is 5.82 Å². The molecule has 0 saturated carbocycles. The third-order valence-corrected chi connectivity index (χ3v) is 2.99. The Hall–Kier alpha value is -2.11. The van der Waals surface area contributed by atoms with Crippen molar-refractivity contribution >= 4 is 5.95 Å². The zero-order valence-corrected chi connectivity index (χ0v) is 9.64. The van der Waals surface area contributed by atoms with Crippen LogP contribution in [0.15, 0.2) is 22.7 Å². The average molecular weight is 249 g/mol. The molecular formula is C12H12FN3O2. The van der Waals surface area contributed by atoms with Gasteiger partial charge in [0.1, 0.15) is 11.6 Å². The minimum absolute atomic E-state index is 0.129. The molecule has 0 spiro atoms. The Balaban J connectivity index is 1.92. The first-order chi connectivity index (χ1) is 8.74. The number of hydrogen-bond acceptors (Lipinski definition) is 5. The number of rotatable bonds is 2. The molecule has 0 amide bonds. The highest BCUT2D eigenvalue weighted by Gasteiger charge is 2.20. The van der Waals surface area contributed by atoms with Crippen molar-refractivity contribution in [2.45, 2.75) is 12.8 Å². The van der Waals surface area contributed by atoms with E-state index >= 15 is 0 Å². The van der Waals surface area contributed by atoms with Gasteiger partial charge < -0.3 is 14.5 Å². The number of phenols is 1. The summed E-state index contributed by atoms with van der Waals surface area (Å²) in [5.74, 6) is -0.0773. The summed E-state index contributed by atoms with van der Waals surface area (Å²) in [7, 11) is 0. The van der Waals surface area contributed by atoms with E-state index in [2.05, 4.69) is 10.1 Å². The maximum Gasteiger partial charge on any atom is 0.266 e. The maximum absolute atomic E-state index is 13.6. The molecule has 1 saturated heterocycles. The molecule has 18 heavy (non-hydrogen) atoms. The largest absolute Gasteiger partial charge is 0.508 e. The molecule has 1 aromatic carbocycles. The van der Waals surface area contributed by atoms with Gasteiger partial charge in [0.25, 0.3) is 11.8 Å². The zero-order valence-electron chi connectivity index (χ0n) is 9.64. The van der Waals surface area contributed by atoms with Crippen molar-refractivity contribution in [3.8, 4) is 17.2 Å². The summed E-state index contributed by atoms with van der Waals surface area (Å²) in [6, 6.07) is 3.83. The minimum atomic E-state index is -0.577. The number of hydrogen-bond donors (Lipinski definition) is 1. The van der Waals surface area contributed by atoms with E-state index in [1.165, 1.54) is 12.1 Å². The van der Waals surface area contributed by atoms with Crippen LogP contribution in [-0.2, 0) is 0 Å². The highest BCUT2D eigenvalue weighted by atomic mass is 19.1. The lowest BCUT2D eigenvalue weighted by molar-refractivity contribution is 0.426. The van der Waals surface area contributed by atoms with Gasteiger partial charge in [-0.05, 0) is 30.1 Å². The molecule has 2 heterocycles. The summed E-state index contributed by atoms with van der Waals surface area (Å²) in [5.41, 5.74) is 0.200. The van der Waals surface area contributed by atoms with Crippen molar-refractivity contribution in [1.29, 1.82) is 0 Å². The van der Waals surface area contributed by atoms with Crippen LogP contribution in [0.1, 0.15) is 12.8 Å². The van der Waals surface area contributed by atoms with Gasteiger partial charge in [0.2, 0.25) is 0 Å². The highest BCUT2D eigenvalue weighted by molar-refractivity contribution is 5.56. The van der Waals surface area contributed by atoms with Crippen molar-refractivity contribution in [2.24, 2.45) is 0 Å². The molecule has 0 aliphatic carbocycles. The monoisotopic (exact) mass is 249 g/mol. The topological polar surface area (TPSA) is 62.4 Å². The lowest BCUT2D eigenvalue weighted by atomic mass is 10.2. The third kappa shape index (κ3) is 1.90. The number of anilines is 1. The second kappa shape index (κ2) is 4.29. The van der Waals surface area contributed by atoms with Crippen LogP contribution >= 0.6 is 0 Å². The minimum Gasteiger partial charge on any atom is -0.508 e. The van der Waals surface area contributed by atoms with Crippen molar-refractivity contribution in [1.82, 2.24) is 10.1 Å². The Kier molecular flexibility index (Phi) is 2.62. The van der Waals surface area contributed by atoms with E-state index in [0.717, 1.165) is 32.0 Å². The summed E-state index contributed by atoms with van der Waals surface area (Å²) in [6.07, 6.45) is 2.22. The fourth-order valence-electron chi connectivity index (χ4n) is 2.05. The van der Waals surface area contributed by atoms with Crippen molar-refractivity contribution in [3.63, 3.8) is 0 Å². The first-order valence-electron chi connectivity index (χ1n) is 5.81. The number of halogens is 1. The molecule has 94 valence electrons. The molecule has 0 bridgehead atoms. The Morgan fingerprint density at radius 2 is 2.06 bits per heavy atom. The summed E-state index contributed by atoms with van der Waals surface area (Å²) in [5, 5.41) is 13.0. The highest BCUT2D eigenvalue weighted by Crippen LogP contribution is 2.26. The van der Waals surface area contributed by atoms with Gasteiger partial charge >= 0.3 is 0 Å². The van der Waals surface area contributed by atoms with Crippen LogP contribution < -0.4 is 4.90 Å². The second-order valence-corrected chi connectivity index (χ2v) is 4.26. The van der Waals surface area contributed by atoms with Gasteiger partial charge in [-0.2, -0.15) is 4.98 Å². The Bertz CT molecular complexity index is 564. The number of aromatic hydroxyl groups is 1. The van der Waals surface area contributed by atoms with E-state index in [0.29, 0.717) is 5.95 Å². The van der Waals surface area contributed by atoms with Crippen molar-refractivity contribution in [3.05, 3.63) is 24.0 Å². The van der Waals surface area contributed by atoms with Crippen molar-refractivity contribution in [2.75, 3.05) is 18.0 Å². The molecule has 1 aromatic heterocycles. The molecule has 0 atom stereocenters. The second-order valence-electron chi connectivity index (χ2n) is 4.26. The van der Waals surface area contributed by atoms with Gasteiger partial charge in [-0.3, -0.25) is 0 Å². The molecule has 3 rings (SSSR count). The molecule has 0 radical (unpaired) electrons. The van der Waals surface area contributed by atoms with Crippen LogP contribution in [-0.4, -0.2) is 28.3 Å². The van der Waals surface area contributed by atoms with E-state index in [1.807, 2.05) is 4.90 Å². The Labute approximate surface area is 103 Å². The summed E-state index contributed by atoms with van der Waals surface area (Å²) >= 11 is 0. The molecule has 0 unspecified atom stereocenters. The van der Waals surface area contributed by atoms with Gasteiger partial charge in [-0.1, -0.05) is 0 Å². The molecule has 1 aliphatic rings.